The number of carbonyl (C=O) groups is 1. The summed E-state index contributed by atoms with van der Waals surface area (Å²) in [4.78, 5) is 15.9. The van der Waals surface area contributed by atoms with Crippen LogP contribution in [0.25, 0.3) is 0 Å². The predicted octanol–water partition coefficient (Wildman–Crippen LogP) is 2.64. The number of hydrogen-bond donors (Lipinski definition) is 2. The molecule has 1 fully saturated rings. The zero-order valence-electron chi connectivity index (χ0n) is 12.2. The highest BCUT2D eigenvalue weighted by Crippen LogP contribution is 2.25. The van der Waals surface area contributed by atoms with Gasteiger partial charge in [-0.1, -0.05) is 0 Å². The Morgan fingerprint density at radius 2 is 2.29 bits per heavy atom. The molecule has 2 N–H and O–H groups in total. The number of ether oxygens (including phenoxy) is 1. The average Bonchev–Trinajstić information content (AvgIpc) is 2.94. The Morgan fingerprint density at radius 3 is 3.05 bits per heavy atom. The maximum absolute atomic E-state index is 11.4. The van der Waals surface area contributed by atoms with Gasteiger partial charge in [0.05, 0.1) is 6.10 Å². The third-order valence-electron chi connectivity index (χ3n) is 4.31. The molecule has 1 aliphatic heterocycles. The Hall–Kier alpha value is -1.62. The summed E-state index contributed by atoms with van der Waals surface area (Å²) in [7, 11) is 0. The molecule has 21 heavy (non-hydrogen) atoms. The van der Waals surface area contributed by atoms with E-state index in [1.54, 1.807) is 6.07 Å². The van der Waals surface area contributed by atoms with E-state index < -0.39 is 5.97 Å². The largest absolute Gasteiger partial charge is 0.478 e. The van der Waals surface area contributed by atoms with Crippen LogP contribution in [0.15, 0.2) is 6.07 Å². The number of carboxylic acids is 1. The van der Waals surface area contributed by atoms with Crippen molar-refractivity contribution in [1.82, 2.24) is 4.98 Å². The topological polar surface area (TPSA) is 71.5 Å². The van der Waals surface area contributed by atoms with Gasteiger partial charge in [-0.15, -0.1) is 0 Å². The van der Waals surface area contributed by atoms with Crippen LogP contribution in [0.3, 0.4) is 0 Å². The molecule has 3 rings (SSSR count). The molecule has 1 aromatic heterocycles. The molecule has 1 aliphatic carbocycles. The van der Waals surface area contributed by atoms with E-state index in [1.165, 1.54) is 6.42 Å². The van der Waals surface area contributed by atoms with E-state index in [9.17, 15) is 9.90 Å². The van der Waals surface area contributed by atoms with Crippen molar-refractivity contribution in [3.05, 3.63) is 22.9 Å². The van der Waals surface area contributed by atoms with E-state index in [2.05, 4.69) is 10.3 Å². The van der Waals surface area contributed by atoms with Crippen LogP contribution in [-0.4, -0.2) is 35.3 Å². The molecule has 1 saturated heterocycles. The van der Waals surface area contributed by atoms with Crippen molar-refractivity contribution < 1.29 is 14.6 Å². The summed E-state index contributed by atoms with van der Waals surface area (Å²) in [6.07, 6.45) is 7.65. The lowest BCUT2D eigenvalue weighted by Gasteiger charge is -2.22. The molecular weight excluding hydrogens is 268 g/mol. The van der Waals surface area contributed by atoms with E-state index in [0.717, 1.165) is 56.4 Å². The fourth-order valence-electron chi connectivity index (χ4n) is 3.16. The van der Waals surface area contributed by atoms with E-state index in [-0.39, 0.29) is 0 Å². The summed E-state index contributed by atoms with van der Waals surface area (Å²) >= 11 is 0. The lowest BCUT2D eigenvalue weighted by Crippen LogP contribution is -2.22. The summed E-state index contributed by atoms with van der Waals surface area (Å²) < 4.78 is 5.69. The molecule has 5 heteroatoms. The monoisotopic (exact) mass is 290 g/mol. The highest BCUT2D eigenvalue weighted by Gasteiger charge is 2.20. The first-order chi connectivity index (χ1) is 10.2. The summed E-state index contributed by atoms with van der Waals surface area (Å²) in [6, 6.07) is 1.79. The van der Waals surface area contributed by atoms with Crippen molar-refractivity contribution in [1.29, 1.82) is 0 Å². The molecular formula is C16H22N2O3. The molecule has 1 unspecified atom stereocenters. The van der Waals surface area contributed by atoms with Crippen molar-refractivity contribution >= 4 is 11.8 Å². The quantitative estimate of drug-likeness (QED) is 0.872. The minimum atomic E-state index is -0.909. The summed E-state index contributed by atoms with van der Waals surface area (Å²) in [5.41, 5.74) is 2.44. The Bertz CT molecular complexity index is 524. The number of aryl methyl sites for hydroxylation is 2. The highest BCUT2D eigenvalue weighted by molar-refractivity contribution is 5.93. The predicted molar refractivity (Wildman–Crippen MR) is 79.9 cm³/mol. The number of carboxylic acid groups (broad SMARTS) is 1. The maximum atomic E-state index is 11.4. The van der Waals surface area contributed by atoms with Gasteiger partial charge in [0.1, 0.15) is 11.4 Å². The zero-order valence-corrected chi connectivity index (χ0v) is 12.2. The SMILES string of the molecule is O=C(O)c1cc2c(nc1NCCC1CCCCO1)CCC2. The van der Waals surface area contributed by atoms with Gasteiger partial charge in [0.25, 0.3) is 0 Å². The van der Waals surface area contributed by atoms with Crippen LogP contribution in [-0.2, 0) is 17.6 Å². The molecule has 2 aliphatic rings. The molecule has 5 nitrogen and oxygen atoms in total. The molecule has 0 aromatic carbocycles. The van der Waals surface area contributed by atoms with Gasteiger partial charge in [-0.25, -0.2) is 9.78 Å². The first-order valence-corrected chi connectivity index (χ1v) is 7.85. The molecule has 114 valence electrons. The van der Waals surface area contributed by atoms with Gasteiger partial charge in [0.15, 0.2) is 0 Å². The Balaban J connectivity index is 1.65. The standard InChI is InChI=1S/C16H22N2O3/c19-16(20)13-10-11-4-3-6-14(11)18-15(13)17-8-7-12-5-1-2-9-21-12/h10,12H,1-9H2,(H,17,18)(H,19,20). The molecule has 0 bridgehead atoms. The number of nitrogens with one attached hydrogen (secondary N) is 1. The van der Waals surface area contributed by atoms with Gasteiger partial charge in [-0.3, -0.25) is 0 Å². The van der Waals surface area contributed by atoms with Gasteiger partial charge in [0.2, 0.25) is 0 Å². The first kappa shape index (κ1) is 14.3. The number of pyridine rings is 1. The average molecular weight is 290 g/mol. The molecule has 0 spiro atoms. The number of aromatic nitrogens is 1. The molecule has 0 saturated carbocycles. The normalized spacial score (nSPS) is 21.0. The molecule has 1 atom stereocenters. The van der Waals surface area contributed by atoms with Crippen LogP contribution in [0, 0.1) is 0 Å². The Morgan fingerprint density at radius 1 is 1.38 bits per heavy atom. The van der Waals surface area contributed by atoms with Gasteiger partial charge in [0, 0.05) is 18.8 Å². The van der Waals surface area contributed by atoms with Gasteiger partial charge in [-0.05, 0) is 56.6 Å². The molecule has 2 heterocycles. The number of rotatable bonds is 5. The second kappa shape index (κ2) is 6.43. The lowest BCUT2D eigenvalue weighted by molar-refractivity contribution is 0.0134. The number of nitrogens with zero attached hydrogens (tertiary/aromatic N) is 1. The van der Waals surface area contributed by atoms with Crippen molar-refractivity contribution in [2.24, 2.45) is 0 Å². The zero-order chi connectivity index (χ0) is 14.7. The van der Waals surface area contributed by atoms with E-state index >= 15 is 0 Å². The molecule has 0 radical (unpaired) electrons. The van der Waals surface area contributed by atoms with E-state index in [0.29, 0.717) is 24.0 Å². The second-order valence-electron chi connectivity index (χ2n) is 5.85. The smallest absolute Gasteiger partial charge is 0.339 e. The minimum Gasteiger partial charge on any atom is -0.478 e. The lowest BCUT2D eigenvalue weighted by atomic mass is 10.1. The van der Waals surface area contributed by atoms with Crippen LogP contribution in [0.5, 0.6) is 0 Å². The van der Waals surface area contributed by atoms with Crippen LogP contribution in [0.2, 0.25) is 0 Å². The van der Waals surface area contributed by atoms with Gasteiger partial charge in [-0.2, -0.15) is 0 Å². The maximum Gasteiger partial charge on any atom is 0.339 e. The van der Waals surface area contributed by atoms with Crippen LogP contribution in [0.1, 0.15) is 53.7 Å². The Kier molecular flexibility index (Phi) is 4.39. The van der Waals surface area contributed by atoms with E-state index in [1.807, 2.05) is 0 Å². The summed E-state index contributed by atoms with van der Waals surface area (Å²) in [5.74, 6) is -0.396. The van der Waals surface area contributed by atoms with Crippen LogP contribution < -0.4 is 5.32 Å². The highest BCUT2D eigenvalue weighted by atomic mass is 16.5. The first-order valence-electron chi connectivity index (χ1n) is 7.85. The van der Waals surface area contributed by atoms with Crippen LogP contribution >= 0.6 is 0 Å². The van der Waals surface area contributed by atoms with Crippen molar-refractivity contribution in [2.75, 3.05) is 18.5 Å². The van der Waals surface area contributed by atoms with Gasteiger partial charge >= 0.3 is 5.97 Å². The van der Waals surface area contributed by atoms with Gasteiger partial charge < -0.3 is 15.2 Å². The fraction of sp³-hybridized carbons (Fsp3) is 0.625. The third kappa shape index (κ3) is 3.35. The third-order valence-corrected chi connectivity index (χ3v) is 4.31. The van der Waals surface area contributed by atoms with Crippen molar-refractivity contribution in [3.63, 3.8) is 0 Å². The fourth-order valence-corrected chi connectivity index (χ4v) is 3.16. The second-order valence-corrected chi connectivity index (χ2v) is 5.85. The summed E-state index contributed by atoms with van der Waals surface area (Å²) in [6.45, 7) is 1.55. The number of hydrogen-bond acceptors (Lipinski definition) is 4. The number of aromatic carboxylic acids is 1. The van der Waals surface area contributed by atoms with E-state index in [4.69, 9.17) is 4.74 Å². The Labute approximate surface area is 124 Å². The summed E-state index contributed by atoms with van der Waals surface area (Å²) in [5, 5.41) is 12.5. The number of fused-ring (bicyclic) bond motifs is 1. The molecule has 1 aromatic rings. The van der Waals surface area contributed by atoms with Crippen LogP contribution in [0.4, 0.5) is 5.82 Å². The minimum absolute atomic E-state index is 0.292. The van der Waals surface area contributed by atoms with Crippen molar-refractivity contribution in [3.8, 4) is 0 Å². The van der Waals surface area contributed by atoms with Crippen molar-refractivity contribution in [2.45, 2.75) is 51.0 Å². The molecule has 0 amide bonds. The number of anilines is 1.